The molecule has 6 rings (SSSR count). The average molecular weight is 475 g/mol. The zero-order valence-corrected chi connectivity index (χ0v) is 19.7. The number of hydrogen-bond acceptors (Lipinski definition) is 8. The van der Waals surface area contributed by atoms with E-state index in [-0.39, 0.29) is 41.8 Å². The summed E-state index contributed by atoms with van der Waals surface area (Å²) in [4.78, 5) is 23.4. The first-order valence-corrected chi connectivity index (χ1v) is 12.6. The van der Waals surface area contributed by atoms with E-state index in [9.17, 15) is 24.9 Å². The molecule has 0 amide bonds. The molecule has 10 atom stereocenters. The van der Waals surface area contributed by atoms with Crippen LogP contribution in [0.3, 0.4) is 0 Å². The molecule has 2 heterocycles. The van der Waals surface area contributed by atoms with Crippen molar-refractivity contribution in [2.45, 2.75) is 94.2 Å². The molecule has 3 N–H and O–H groups in total. The van der Waals surface area contributed by atoms with E-state index in [1.807, 2.05) is 0 Å². The molecule has 34 heavy (non-hydrogen) atoms. The van der Waals surface area contributed by atoms with E-state index in [0.29, 0.717) is 25.7 Å². The zero-order chi connectivity index (χ0) is 24.1. The maximum absolute atomic E-state index is 11.9. The Hall–Kier alpha value is -1.74. The minimum absolute atomic E-state index is 0.0517. The summed E-state index contributed by atoms with van der Waals surface area (Å²) >= 11 is 0. The van der Waals surface area contributed by atoms with Gasteiger partial charge in [0.05, 0.1) is 30.7 Å². The minimum atomic E-state index is -1.10. The molecule has 8 nitrogen and oxygen atoms in total. The minimum Gasteiger partial charge on any atom is -0.465 e. The third-order valence-electron chi connectivity index (χ3n) is 10.5. The molecule has 4 aliphatic carbocycles. The summed E-state index contributed by atoms with van der Waals surface area (Å²) in [5.74, 6) is -0.435. The van der Waals surface area contributed by atoms with Crippen LogP contribution in [0, 0.1) is 22.7 Å². The van der Waals surface area contributed by atoms with Crippen LogP contribution in [-0.4, -0.2) is 57.4 Å². The number of carbonyl (C=O) groups is 1. The van der Waals surface area contributed by atoms with Gasteiger partial charge in [0.15, 0.2) is 0 Å². The van der Waals surface area contributed by atoms with Crippen LogP contribution >= 0.6 is 0 Å². The highest BCUT2D eigenvalue weighted by Gasteiger charge is 2.84. The second kappa shape index (κ2) is 7.15. The van der Waals surface area contributed by atoms with Crippen LogP contribution in [0.25, 0.3) is 0 Å². The van der Waals surface area contributed by atoms with Crippen molar-refractivity contribution in [2.75, 3.05) is 6.61 Å². The van der Waals surface area contributed by atoms with Crippen LogP contribution in [0.4, 0.5) is 0 Å². The van der Waals surface area contributed by atoms with Gasteiger partial charge in [0, 0.05) is 36.2 Å². The molecule has 5 fully saturated rings. The van der Waals surface area contributed by atoms with E-state index in [4.69, 9.17) is 13.9 Å². The Morgan fingerprint density at radius 1 is 1.15 bits per heavy atom. The maximum Gasteiger partial charge on any atom is 0.335 e. The number of hydrogen-bond donors (Lipinski definition) is 3. The lowest BCUT2D eigenvalue weighted by Gasteiger charge is -2.64. The fourth-order valence-electron chi connectivity index (χ4n) is 9.14. The van der Waals surface area contributed by atoms with Crippen molar-refractivity contribution >= 4 is 5.97 Å². The summed E-state index contributed by atoms with van der Waals surface area (Å²) < 4.78 is 17.2. The fourth-order valence-corrected chi connectivity index (χ4v) is 9.14. The molecule has 0 radical (unpaired) electrons. The summed E-state index contributed by atoms with van der Waals surface area (Å²) in [6.45, 7) is 3.71. The Kier molecular flexibility index (Phi) is 4.78. The van der Waals surface area contributed by atoms with Crippen LogP contribution in [0.15, 0.2) is 27.6 Å². The Bertz CT molecular complexity index is 1050. The first kappa shape index (κ1) is 22.7. The number of rotatable bonds is 3. The smallest absolute Gasteiger partial charge is 0.335 e. The van der Waals surface area contributed by atoms with Crippen molar-refractivity contribution in [3.05, 3.63) is 34.4 Å². The van der Waals surface area contributed by atoms with Gasteiger partial charge in [-0.1, -0.05) is 6.92 Å². The van der Waals surface area contributed by atoms with Gasteiger partial charge in [-0.25, -0.2) is 4.79 Å². The highest BCUT2D eigenvalue weighted by molar-refractivity contribution is 5.66. The van der Waals surface area contributed by atoms with Gasteiger partial charge in [0.1, 0.15) is 11.7 Å². The Labute approximate surface area is 198 Å². The summed E-state index contributed by atoms with van der Waals surface area (Å²) in [7, 11) is 0. The molecule has 1 spiro atoms. The van der Waals surface area contributed by atoms with Crippen molar-refractivity contribution < 1.29 is 34.0 Å². The topological polar surface area (TPSA) is 130 Å². The molecule has 0 bridgehead atoms. The SMILES string of the molecule is CC(=O)OCC12CCC(O)CC1(O)CCC1C2CCC2(C)C(c3ccc(=O)oc3)C(O)C3OC132. The van der Waals surface area contributed by atoms with Crippen LogP contribution < -0.4 is 5.63 Å². The normalized spacial score (nSPS) is 51.0. The van der Waals surface area contributed by atoms with Crippen LogP contribution in [0.1, 0.15) is 70.3 Å². The average Bonchev–Trinajstić information content (AvgIpc) is 3.49. The molecular formula is C26H34O8. The summed E-state index contributed by atoms with van der Waals surface area (Å²) in [5.41, 5.74) is -2.24. The van der Waals surface area contributed by atoms with E-state index >= 15 is 0 Å². The Balaban J connectivity index is 1.40. The monoisotopic (exact) mass is 474 g/mol. The van der Waals surface area contributed by atoms with Crippen LogP contribution in [0.2, 0.25) is 0 Å². The number of aliphatic hydroxyl groups excluding tert-OH is 2. The highest BCUT2D eigenvalue weighted by Crippen LogP contribution is 2.78. The van der Waals surface area contributed by atoms with Gasteiger partial charge < -0.3 is 29.2 Å². The third kappa shape index (κ3) is 2.68. The van der Waals surface area contributed by atoms with Crippen molar-refractivity contribution in [3.63, 3.8) is 0 Å². The Morgan fingerprint density at radius 3 is 2.62 bits per heavy atom. The van der Waals surface area contributed by atoms with Gasteiger partial charge in [0.2, 0.25) is 0 Å². The molecule has 1 aromatic rings. The number of esters is 1. The molecule has 0 aromatic carbocycles. The molecule has 4 saturated carbocycles. The van der Waals surface area contributed by atoms with E-state index in [0.717, 1.165) is 24.8 Å². The van der Waals surface area contributed by atoms with Gasteiger partial charge >= 0.3 is 11.6 Å². The van der Waals surface area contributed by atoms with Crippen molar-refractivity contribution in [1.82, 2.24) is 0 Å². The van der Waals surface area contributed by atoms with Crippen LogP contribution in [-0.2, 0) is 14.3 Å². The number of epoxide rings is 1. The summed E-state index contributed by atoms with van der Waals surface area (Å²) in [6, 6.07) is 3.15. The van der Waals surface area contributed by atoms with Crippen molar-refractivity contribution in [2.24, 2.45) is 22.7 Å². The number of carbonyl (C=O) groups excluding carboxylic acids is 1. The lowest BCUT2D eigenvalue weighted by Crippen LogP contribution is -2.67. The van der Waals surface area contributed by atoms with E-state index in [1.54, 1.807) is 6.07 Å². The second-order valence-corrected chi connectivity index (χ2v) is 11.8. The van der Waals surface area contributed by atoms with Gasteiger partial charge in [-0.2, -0.15) is 0 Å². The molecule has 10 unspecified atom stereocenters. The number of ether oxygens (including phenoxy) is 2. The summed E-state index contributed by atoms with van der Waals surface area (Å²) in [5, 5.41) is 33.7. The second-order valence-electron chi connectivity index (χ2n) is 11.8. The van der Waals surface area contributed by atoms with E-state index < -0.39 is 34.5 Å². The lowest BCUT2D eigenvalue weighted by atomic mass is 9.42. The highest BCUT2D eigenvalue weighted by atomic mass is 16.6. The molecular weight excluding hydrogens is 440 g/mol. The van der Waals surface area contributed by atoms with E-state index in [2.05, 4.69) is 6.92 Å². The van der Waals surface area contributed by atoms with Gasteiger partial charge in [0.25, 0.3) is 0 Å². The van der Waals surface area contributed by atoms with Gasteiger partial charge in [-0.15, -0.1) is 0 Å². The van der Waals surface area contributed by atoms with Gasteiger partial charge in [-0.3, -0.25) is 4.79 Å². The van der Waals surface area contributed by atoms with Gasteiger partial charge in [-0.05, 0) is 62.0 Å². The third-order valence-corrected chi connectivity index (χ3v) is 10.5. The quantitative estimate of drug-likeness (QED) is 0.447. The zero-order valence-electron chi connectivity index (χ0n) is 19.7. The molecule has 1 saturated heterocycles. The maximum atomic E-state index is 11.9. The predicted octanol–water partition coefficient (Wildman–Crippen LogP) is 1.89. The van der Waals surface area contributed by atoms with Crippen molar-refractivity contribution in [3.8, 4) is 0 Å². The molecule has 1 aromatic heterocycles. The number of fused-ring (bicyclic) bond motifs is 3. The molecule has 186 valence electrons. The molecule has 8 heteroatoms. The Morgan fingerprint density at radius 2 is 1.91 bits per heavy atom. The predicted molar refractivity (Wildman–Crippen MR) is 119 cm³/mol. The first-order chi connectivity index (χ1) is 16.1. The first-order valence-electron chi connectivity index (χ1n) is 12.6. The number of aliphatic hydroxyl groups is 3. The van der Waals surface area contributed by atoms with Crippen LogP contribution in [0.5, 0.6) is 0 Å². The summed E-state index contributed by atoms with van der Waals surface area (Å²) in [6.07, 6.45) is 4.13. The lowest BCUT2D eigenvalue weighted by molar-refractivity contribution is -0.246. The van der Waals surface area contributed by atoms with E-state index in [1.165, 1.54) is 19.3 Å². The largest absolute Gasteiger partial charge is 0.465 e. The van der Waals surface area contributed by atoms with Crippen molar-refractivity contribution in [1.29, 1.82) is 0 Å². The standard InChI is InChI=1S/C26H34O8/c1-14(27)33-13-24-9-5-16(28)11-25(24,31)10-7-18-17(24)6-8-23(2)20(15-3-4-19(29)32-12-15)21(30)22-26(18,23)34-22/h3-4,12,16-18,20-22,28,30-31H,5-11,13H2,1-2H3. The fraction of sp³-hybridized carbons (Fsp3) is 0.769. The molecule has 5 aliphatic rings. The molecule has 1 aliphatic heterocycles.